The van der Waals surface area contributed by atoms with Gasteiger partial charge in [0, 0.05) is 41.9 Å². The fourth-order valence-electron chi connectivity index (χ4n) is 1.64. The van der Waals surface area contributed by atoms with Crippen molar-refractivity contribution in [3.05, 3.63) is 139 Å². The van der Waals surface area contributed by atoms with Crippen molar-refractivity contribution in [2.24, 2.45) is 0 Å². The number of nitrogens with zero attached hydrogens (tertiary/aromatic N) is 1. The van der Waals surface area contributed by atoms with Crippen LogP contribution in [0.25, 0.3) is 0 Å². The molecular weight excluding hydrogens is 453 g/mol. The maximum atomic E-state index is 10.0. The number of aromatic carboxylic acids is 1. The average Bonchev–Trinajstić information content (AvgIpc) is 2.79. The van der Waals surface area contributed by atoms with Crippen LogP contribution in [0.4, 0.5) is 0 Å². The third-order valence-electron chi connectivity index (χ3n) is 2.90. The Bertz CT molecular complexity index is 644. The number of carbonyl (C=O) groups is 1. The SMILES string of the molecule is O=C([O-])c1cccnc1.[Sn].c1ccccc1.c1ccccc1.c1ccccc1. The Balaban J connectivity index is 0.000000349. The summed E-state index contributed by atoms with van der Waals surface area (Å²) >= 11 is 0. The molecule has 0 bridgehead atoms. The molecule has 4 aromatic rings. The largest absolute Gasteiger partial charge is 0.545 e. The minimum Gasteiger partial charge on any atom is -0.545 e. The van der Waals surface area contributed by atoms with Crippen molar-refractivity contribution in [2.75, 3.05) is 0 Å². The molecule has 1 heterocycles. The van der Waals surface area contributed by atoms with E-state index in [0.29, 0.717) is 0 Å². The molecule has 0 aliphatic rings. The summed E-state index contributed by atoms with van der Waals surface area (Å²) in [6.07, 6.45) is 2.75. The summed E-state index contributed by atoms with van der Waals surface area (Å²) < 4.78 is 0. The smallest absolute Gasteiger partial charge is 0.0730 e. The quantitative estimate of drug-likeness (QED) is 0.390. The van der Waals surface area contributed by atoms with Crippen molar-refractivity contribution in [2.45, 2.75) is 0 Å². The van der Waals surface area contributed by atoms with E-state index in [1.165, 1.54) is 18.5 Å². The van der Waals surface area contributed by atoms with Crippen LogP contribution in [0, 0.1) is 0 Å². The first-order valence-electron chi connectivity index (χ1n) is 8.42. The second-order valence-electron chi connectivity index (χ2n) is 4.99. The van der Waals surface area contributed by atoms with E-state index in [4.69, 9.17) is 0 Å². The molecule has 0 spiro atoms. The van der Waals surface area contributed by atoms with Gasteiger partial charge in [0.05, 0.1) is 5.97 Å². The van der Waals surface area contributed by atoms with Crippen LogP contribution in [0.2, 0.25) is 0 Å². The van der Waals surface area contributed by atoms with Crippen LogP contribution in [0.15, 0.2) is 134 Å². The van der Waals surface area contributed by atoms with E-state index in [2.05, 4.69) is 4.98 Å². The van der Waals surface area contributed by atoms with Crippen LogP contribution in [0.3, 0.4) is 0 Å². The summed E-state index contributed by atoms with van der Waals surface area (Å²) in [5, 5.41) is 10.0. The molecule has 3 aromatic carbocycles. The molecule has 0 fully saturated rings. The van der Waals surface area contributed by atoms with Crippen molar-refractivity contribution >= 4 is 29.9 Å². The molecule has 28 heavy (non-hydrogen) atoms. The molecule has 140 valence electrons. The number of rotatable bonds is 1. The van der Waals surface area contributed by atoms with Crippen LogP contribution in [0.1, 0.15) is 10.4 Å². The molecule has 0 aliphatic heterocycles. The van der Waals surface area contributed by atoms with Crippen LogP contribution < -0.4 is 5.11 Å². The van der Waals surface area contributed by atoms with E-state index >= 15 is 0 Å². The Kier molecular flexibility index (Phi) is 16.9. The molecule has 0 aliphatic carbocycles. The van der Waals surface area contributed by atoms with Gasteiger partial charge in [0.15, 0.2) is 0 Å². The normalized spacial score (nSPS) is 8.00. The second kappa shape index (κ2) is 18.9. The zero-order chi connectivity index (χ0) is 19.4. The Morgan fingerprint density at radius 3 is 1.00 bits per heavy atom. The Morgan fingerprint density at radius 2 is 0.857 bits per heavy atom. The summed E-state index contributed by atoms with van der Waals surface area (Å²) in [4.78, 5) is 13.6. The molecule has 4 heteroatoms. The molecule has 0 atom stereocenters. The predicted octanol–water partition coefficient (Wildman–Crippen LogP) is 4.12. The predicted molar refractivity (Wildman–Crippen MR) is 114 cm³/mol. The third-order valence-corrected chi connectivity index (χ3v) is 2.90. The van der Waals surface area contributed by atoms with E-state index in [0.717, 1.165) is 0 Å². The number of carbonyl (C=O) groups excluding carboxylic acids is 1. The zero-order valence-electron chi connectivity index (χ0n) is 15.5. The van der Waals surface area contributed by atoms with Gasteiger partial charge in [-0.05, 0) is 6.07 Å². The fraction of sp³-hybridized carbons (Fsp3) is 0. The Morgan fingerprint density at radius 1 is 0.571 bits per heavy atom. The Hall–Kier alpha value is -2.92. The molecule has 4 rings (SSSR count). The number of hydrogen-bond acceptors (Lipinski definition) is 3. The molecule has 0 saturated heterocycles. The van der Waals surface area contributed by atoms with Gasteiger partial charge in [-0.1, -0.05) is 115 Å². The molecule has 0 unspecified atom stereocenters. The van der Waals surface area contributed by atoms with Gasteiger partial charge in [0.25, 0.3) is 0 Å². The molecular formula is C24H22NO2Sn-. The van der Waals surface area contributed by atoms with Gasteiger partial charge in [0.2, 0.25) is 0 Å². The third kappa shape index (κ3) is 15.3. The van der Waals surface area contributed by atoms with E-state index in [1.807, 2.05) is 109 Å². The van der Waals surface area contributed by atoms with Crippen molar-refractivity contribution in [3.8, 4) is 0 Å². The second-order valence-corrected chi connectivity index (χ2v) is 4.99. The summed E-state index contributed by atoms with van der Waals surface area (Å²) in [7, 11) is 0. The standard InChI is InChI=1S/C6H5NO2.3C6H6.Sn/c8-6(9)5-2-1-3-7-4-5;3*1-2-4-6-5-3-1;/h1-4H,(H,8,9);3*1-6H;/p-1. The van der Waals surface area contributed by atoms with Gasteiger partial charge < -0.3 is 9.90 Å². The van der Waals surface area contributed by atoms with Crippen LogP contribution >= 0.6 is 0 Å². The molecule has 0 amide bonds. The zero-order valence-corrected chi connectivity index (χ0v) is 18.3. The molecule has 1 aromatic heterocycles. The van der Waals surface area contributed by atoms with E-state index in [1.54, 1.807) is 6.07 Å². The summed E-state index contributed by atoms with van der Waals surface area (Å²) in [6, 6.07) is 39.0. The number of aromatic nitrogens is 1. The van der Waals surface area contributed by atoms with Gasteiger partial charge in [-0.15, -0.1) is 0 Å². The molecule has 0 saturated carbocycles. The van der Waals surface area contributed by atoms with Gasteiger partial charge >= 0.3 is 0 Å². The van der Waals surface area contributed by atoms with Gasteiger partial charge in [-0.3, -0.25) is 4.98 Å². The van der Waals surface area contributed by atoms with Crippen molar-refractivity contribution < 1.29 is 9.90 Å². The van der Waals surface area contributed by atoms with Crippen molar-refractivity contribution in [3.63, 3.8) is 0 Å². The summed E-state index contributed by atoms with van der Waals surface area (Å²) in [5.41, 5.74) is 0.109. The van der Waals surface area contributed by atoms with Gasteiger partial charge in [-0.25, -0.2) is 0 Å². The van der Waals surface area contributed by atoms with Crippen molar-refractivity contribution in [1.29, 1.82) is 0 Å². The molecule has 4 radical (unpaired) electrons. The van der Waals surface area contributed by atoms with E-state index in [-0.39, 0.29) is 29.5 Å². The summed E-state index contributed by atoms with van der Waals surface area (Å²) in [6.45, 7) is 0. The van der Waals surface area contributed by atoms with Gasteiger partial charge in [0.1, 0.15) is 0 Å². The maximum Gasteiger partial charge on any atom is 0.0730 e. The monoisotopic (exact) mass is 476 g/mol. The van der Waals surface area contributed by atoms with E-state index < -0.39 is 5.97 Å². The van der Waals surface area contributed by atoms with Crippen molar-refractivity contribution in [1.82, 2.24) is 4.98 Å². The number of hydrogen-bond donors (Lipinski definition) is 0. The van der Waals surface area contributed by atoms with E-state index in [9.17, 15) is 9.90 Å². The van der Waals surface area contributed by atoms with Crippen LogP contribution in [-0.2, 0) is 0 Å². The minimum absolute atomic E-state index is 0. The molecule has 0 N–H and O–H groups in total. The Labute approximate surface area is 183 Å². The first-order valence-corrected chi connectivity index (χ1v) is 8.42. The first-order chi connectivity index (χ1) is 13.3. The number of carboxylic acids is 1. The number of carboxylic acid groups (broad SMARTS) is 1. The minimum atomic E-state index is -1.19. The molecule has 3 nitrogen and oxygen atoms in total. The average molecular weight is 475 g/mol. The van der Waals surface area contributed by atoms with Crippen LogP contribution in [0.5, 0.6) is 0 Å². The first kappa shape index (κ1) is 25.1. The summed E-state index contributed by atoms with van der Waals surface area (Å²) in [5.74, 6) is -1.19. The number of benzene rings is 3. The van der Waals surface area contributed by atoms with Crippen LogP contribution in [-0.4, -0.2) is 34.9 Å². The topological polar surface area (TPSA) is 53.0 Å². The number of pyridine rings is 1. The maximum absolute atomic E-state index is 10.0. The fourth-order valence-corrected chi connectivity index (χ4v) is 1.64. The van der Waals surface area contributed by atoms with Gasteiger partial charge in [-0.2, -0.15) is 0 Å².